The Morgan fingerprint density at radius 3 is 2.96 bits per heavy atom. The minimum Gasteiger partial charge on any atom is -0.357 e. The Labute approximate surface area is 177 Å². The summed E-state index contributed by atoms with van der Waals surface area (Å²) in [6.07, 6.45) is 9.75. The van der Waals surface area contributed by atoms with Crippen molar-refractivity contribution < 1.29 is 4.79 Å². The molecule has 6 nitrogen and oxygen atoms in total. The molecule has 1 amide bonds. The number of thiazole rings is 1. The third-order valence-corrected chi connectivity index (χ3v) is 7.40. The molecule has 1 aromatic rings. The minimum atomic E-state index is 0.268. The van der Waals surface area contributed by atoms with Crippen LogP contribution in [0.25, 0.3) is 0 Å². The number of hydrogen-bond acceptors (Lipinski definition) is 5. The lowest BCUT2D eigenvalue weighted by Gasteiger charge is -2.26. The van der Waals surface area contributed by atoms with Crippen molar-refractivity contribution in [3.05, 3.63) is 11.6 Å². The maximum Gasteiger partial charge on any atom is 0.225 e. The van der Waals surface area contributed by atoms with E-state index in [0.29, 0.717) is 11.9 Å². The van der Waals surface area contributed by atoms with Gasteiger partial charge in [0.1, 0.15) is 4.34 Å². The van der Waals surface area contributed by atoms with Gasteiger partial charge in [-0.2, -0.15) is 0 Å². The zero-order valence-electron chi connectivity index (χ0n) is 16.9. The molecule has 2 aliphatic rings. The van der Waals surface area contributed by atoms with Crippen LogP contribution in [0, 0.1) is 5.92 Å². The summed E-state index contributed by atoms with van der Waals surface area (Å²) >= 11 is 3.48. The lowest BCUT2D eigenvalue weighted by atomic mass is 9.88. The third-order valence-electron chi connectivity index (χ3n) is 5.35. The van der Waals surface area contributed by atoms with E-state index in [1.165, 1.54) is 19.3 Å². The Morgan fingerprint density at radius 1 is 1.36 bits per heavy atom. The Bertz CT molecular complexity index is 616. The van der Waals surface area contributed by atoms with E-state index in [1.54, 1.807) is 23.1 Å². The number of nitrogens with zero attached hydrogens (tertiary/aromatic N) is 3. The molecule has 2 fully saturated rings. The molecule has 1 saturated carbocycles. The van der Waals surface area contributed by atoms with E-state index < -0.39 is 0 Å². The summed E-state index contributed by atoms with van der Waals surface area (Å²) in [6, 6.07) is 0.301. The van der Waals surface area contributed by atoms with Crippen molar-refractivity contribution in [3.63, 3.8) is 0 Å². The number of amides is 1. The molecule has 3 rings (SSSR count). The van der Waals surface area contributed by atoms with Crippen LogP contribution in [0.5, 0.6) is 0 Å². The molecule has 156 valence electrons. The van der Waals surface area contributed by atoms with Gasteiger partial charge in [-0.15, -0.1) is 11.3 Å². The molecule has 1 aliphatic carbocycles. The SMILES string of the molecule is CCNC(=NCCCSc1nccs1)NC1CCN(C(=O)C2CCCCC2)C1. The first kappa shape index (κ1) is 21.4. The van der Waals surface area contributed by atoms with Gasteiger partial charge in [-0.25, -0.2) is 4.98 Å². The van der Waals surface area contributed by atoms with Gasteiger partial charge in [-0.1, -0.05) is 31.0 Å². The van der Waals surface area contributed by atoms with Crippen LogP contribution < -0.4 is 10.6 Å². The standard InChI is InChI=1S/C20H33N5OS2/c1-2-21-19(22-10-6-13-27-20-23-11-14-28-20)24-17-9-12-25(15-17)18(26)16-7-4-3-5-8-16/h11,14,16-17H,2-10,12-13,15H2,1H3,(H2,21,22,24). The molecule has 0 spiro atoms. The van der Waals surface area contributed by atoms with Crippen molar-refractivity contribution in [2.75, 3.05) is 31.9 Å². The zero-order valence-corrected chi connectivity index (χ0v) is 18.5. The smallest absolute Gasteiger partial charge is 0.225 e. The molecule has 1 atom stereocenters. The quantitative estimate of drug-likeness (QED) is 0.290. The van der Waals surface area contributed by atoms with Crippen LogP contribution >= 0.6 is 23.1 Å². The Morgan fingerprint density at radius 2 is 2.21 bits per heavy atom. The maximum absolute atomic E-state index is 12.7. The number of aromatic nitrogens is 1. The number of carbonyl (C=O) groups is 1. The van der Waals surface area contributed by atoms with Gasteiger partial charge in [0.05, 0.1) is 0 Å². The van der Waals surface area contributed by atoms with Crippen molar-refractivity contribution in [2.45, 2.75) is 62.3 Å². The van der Waals surface area contributed by atoms with E-state index in [-0.39, 0.29) is 5.92 Å². The van der Waals surface area contributed by atoms with Gasteiger partial charge in [-0.3, -0.25) is 9.79 Å². The summed E-state index contributed by atoms with van der Waals surface area (Å²) in [5.41, 5.74) is 0. The molecule has 1 aromatic heterocycles. The fourth-order valence-electron chi connectivity index (χ4n) is 3.90. The van der Waals surface area contributed by atoms with E-state index in [4.69, 9.17) is 4.99 Å². The highest BCUT2D eigenvalue weighted by molar-refractivity contribution is 8.00. The van der Waals surface area contributed by atoms with Crippen LogP contribution in [0.1, 0.15) is 51.9 Å². The fourth-order valence-corrected chi connectivity index (χ4v) is 5.53. The lowest BCUT2D eigenvalue weighted by molar-refractivity contribution is -0.135. The Kier molecular flexibility index (Phi) is 8.92. The summed E-state index contributed by atoms with van der Waals surface area (Å²) in [4.78, 5) is 23.8. The molecule has 1 aliphatic heterocycles. The molecule has 1 saturated heterocycles. The number of nitrogens with one attached hydrogen (secondary N) is 2. The molecule has 28 heavy (non-hydrogen) atoms. The van der Waals surface area contributed by atoms with Crippen molar-refractivity contribution in [2.24, 2.45) is 10.9 Å². The van der Waals surface area contributed by atoms with Crippen LogP contribution in [-0.4, -0.2) is 59.7 Å². The Hall–Kier alpha value is -1.28. The number of thioether (sulfide) groups is 1. The molecule has 0 bridgehead atoms. The van der Waals surface area contributed by atoms with E-state index >= 15 is 0 Å². The topological polar surface area (TPSA) is 69.6 Å². The molecule has 2 heterocycles. The first-order valence-corrected chi connectivity index (χ1v) is 12.5. The second-order valence-electron chi connectivity index (χ2n) is 7.51. The highest BCUT2D eigenvalue weighted by Gasteiger charge is 2.31. The third kappa shape index (κ3) is 6.65. The van der Waals surface area contributed by atoms with Crippen molar-refractivity contribution in [1.82, 2.24) is 20.5 Å². The number of rotatable bonds is 8. The second kappa shape index (κ2) is 11.7. The molecule has 0 radical (unpaired) electrons. The molecular weight excluding hydrogens is 390 g/mol. The van der Waals surface area contributed by atoms with Crippen LogP contribution in [0.3, 0.4) is 0 Å². The highest BCUT2D eigenvalue weighted by atomic mass is 32.2. The number of guanidine groups is 1. The van der Waals surface area contributed by atoms with Gasteiger partial charge in [0, 0.05) is 55.5 Å². The largest absolute Gasteiger partial charge is 0.357 e. The summed E-state index contributed by atoms with van der Waals surface area (Å²) in [6.45, 7) is 5.40. The lowest BCUT2D eigenvalue weighted by Crippen LogP contribution is -2.45. The summed E-state index contributed by atoms with van der Waals surface area (Å²) in [7, 11) is 0. The van der Waals surface area contributed by atoms with Gasteiger partial charge in [0.25, 0.3) is 0 Å². The summed E-state index contributed by atoms with van der Waals surface area (Å²) in [5, 5.41) is 8.89. The number of hydrogen-bond donors (Lipinski definition) is 2. The van der Waals surface area contributed by atoms with Crippen LogP contribution in [0.15, 0.2) is 20.9 Å². The molecule has 0 aromatic carbocycles. The first-order valence-electron chi connectivity index (χ1n) is 10.6. The van der Waals surface area contributed by atoms with E-state index in [1.807, 2.05) is 11.6 Å². The molecule has 8 heteroatoms. The minimum absolute atomic E-state index is 0.268. The van der Waals surface area contributed by atoms with Crippen LogP contribution in [0.4, 0.5) is 0 Å². The number of aliphatic imine (C=N–C) groups is 1. The van der Waals surface area contributed by atoms with E-state index in [9.17, 15) is 4.79 Å². The molecule has 2 N–H and O–H groups in total. The van der Waals surface area contributed by atoms with E-state index in [2.05, 4.69) is 27.4 Å². The average molecular weight is 424 g/mol. The van der Waals surface area contributed by atoms with Gasteiger partial charge in [-0.05, 0) is 32.6 Å². The van der Waals surface area contributed by atoms with Crippen LogP contribution in [-0.2, 0) is 4.79 Å². The highest BCUT2D eigenvalue weighted by Crippen LogP contribution is 2.26. The van der Waals surface area contributed by atoms with Gasteiger partial charge in [0.15, 0.2) is 5.96 Å². The first-order chi connectivity index (χ1) is 13.8. The number of likely N-dealkylation sites (tertiary alicyclic amines) is 1. The molecular formula is C20H33N5OS2. The van der Waals surface area contributed by atoms with Crippen molar-refractivity contribution in [3.8, 4) is 0 Å². The van der Waals surface area contributed by atoms with Crippen molar-refractivity contribution >= 4 is 35.0 Å². The average Bonchev–Trinajstić information content (AvgIpc) is 3.40. The van der Waals surface area contributed by atoms with Gasteiger partial charge < -0.3 is 15.5 Å². The van der Waals surface area contributed by atoms with Crippen molar-refractivity contribution in [1.29, 1.82) is 0 Å². The monoisotopic (exact) mass is 423 g/mol. The molecule has 1 unspecified atom stereocenters. The maximum atomic E-state index is 12.7. The predicted molar refractivity (Wildman–Crippen MR) is 118 cm³/mol. The summed E-state index contributed by atoms with van der Waals surface area (Å²) in [5.74, 6) is 2.55. The van der Waals surface area contributed by atoms with Gasteiger partial charge >= 0.3 is 0 Å². The predicted octanol–water partition coefficient (Wildman–Crippen LogP) is 3.36. The van der Waals surface area contributed by atoms with E-state index in [0.717, 1.165) is 67.9 Å². The second-order valence-corrected chi connectivity index (χ2v) is 9.75. The normalized spacial score (nSPS) is 21.1. The van der Waals surface area contributed by atoms with Crippen LogP contribution in [0.2, 0.25) is 0 Å². The fraction of sp³-hybridized carbons (Fsp3) is 0.750. The number of carbonyl (C=O) groups excluding carboxylic acids is 1. The zero-order chi connectivity index (χ0) is 19.6. The Balaban J connectivity index is 1.40. The summed E-state index contributed by atoms with van der Waals surface area (Å²) < 4.78 is 1.13. The van der Waals surface area contributed by atoms with Gasteiger partial charge in [0.2, 0.25) is 5.91 Å².